The van der Waals surface area contributed by atoms with E-state index in [-0.39, 0.29) is 23.8 Å². The molecule has 4 nitrogen and oxygen atoms in total. The van der Waals surface area contributed by atoms with Crippen LogP contribution < -0.4 is 0 Å². The monoisotopic (exact) mass is 378 g/mol. The lowest BCUT2D eigenvalue weighted by molar-refractivity contribution is -0.140. The zero-order valence-electron chi connectivity index (χ0n) is 13.5. The number of nitrogens with zero attached hydrogens (tertiary/aromatic N) is 2. The minimum atomic E-state index is 0.0679. The third kappa shape index (κ3) is 3.60. The Morgan fingerprint density at radius 1 is 1.13 bits per heavy atom. The smallest absolute Gasteiger partial charge is 0.226 e. The van der Waals surface area contributed by atoms with Crippen LogP contribution in [0, 0.1) is 5.92 Å². The van der Waals surface area contributed by atoms with Crippen molar-refractivity contribution in [3.8, 4) is 0 Å². The van der Waals surface area contributed by atoms with Crippen molar-refractivity contribution in [2.45, 2.75) is 38.6 Å². The van der Waals surface area contributed by atoms with E-state index in [1.807, 2.05) is 17.0 Å². The number of piperidine rings is 1. The Kier molecular flexibility index (Phi) is 5.05. The molecule has 0 unspecified atom stereocenters. The summed E-state index contributed by atoms with van der Waals surface area (Å²) in [4.78, 5) is 28.3. The highest BCUT2D eigenvalue weighted by Gasteiger charge is 2.35. The Balaban J connectivity index is 1.68. The molecule has 5 heteroatoms. The molecule has 23 heavy (non-hydrogen) atoms. The highest BCUT2D eigenvalue weighted by atomic mass is 79.9. The zero-order valence-corrected chi connectivity index (χ0v) is 15.1. The van der Waals surface area contributed by atoms with Crippen LogP contribution in [0.4, 0.5) is 0 Å². The zero-order chi connectivity index (χ0) is 16.4. The van der Waals surface area contributed by atoms with Gasteiger partial charge in [0.15, 0.2) is 0 Å². The molecular weight excluding hydrogens is 356 g/mol. The maximum absolute atomic E-state index is 13.0. The number of likely N-dealkylation sites (tertiary alicyclic amines) is 2. The van der Waals surface area contributed by atoms with Gasteiger partial charge in [-0.25, -0.2) is 0 Å². The summed E-state index contributed by atoms with van der Waals surface area (Å²) in [7, 11) is 0. The molecule has 2 saturated heterocycles. The van der Waals surface area contributed by atoms with Crippen LogP contribution in [0.5, 0.6) is 0 Å². The van der Waals surface area contributed by atoms with E-state index >= 15 is 0 Å². The number of benzene rings is 1. The Morgan fingerprint density at radius 2 is 1.87 bits per heavy atom. The number of halogens is 1. The van der Waals surface area contributed by atoms with E-state index in [2.05, 4.69) is 33.0 Å². The van der Waals surface area contributed by atoms with Gasteiger partial charge in [0.25, 0.3) is 0 Å². The van der Waals surface area contributed by atoms with Gasteiger partial charge in [0, 0.05) is 36.9 Å². The van der Waals surface area contributed by atoms with Crippen molar-refractivity contribution in [1.29, 1.82) is 0 Å². The number of hydrogen-bond acceptors (Lipinski definition) is 2. The van der Waals surface area contributed by atoms with E-state index in [4.69, 9.17) is 0 Å². The van der Waals surface area contributed by atoms with Gasteiger partial charge in [-0.3, -0.25) is 9.59 Å². The fourth-order valence-corrected chi connectivity index (χ4v) is 4.18. The first kappa shape index (κ1) is 16.5. The van der Waals surface area contributed by atoms with Gasteiger partial charge in [-0.1, -0.05) is 28.1 Å². The molecule has 0 aliphatic carbocycles. The van der Waals surface area contributed by atoms with Gasteiger partial charge in [0.2, 0.25) is 11.8 Å². The first-order valence-corrected chi connectivity index (χ1v) is 9.17. The van der Waals surface area contributed by atoms with Crippen LogP contribution in [0.15, 0.2) is 28.7 Å². The lowest BCUT2D eigenvalue weighted by atomic mass is 9.94. The molecule has 2 fully saturated rings. The second kappa shape index (κ2) is 7.04. The summed E-state index contributed by atoms with van der Waals surface area (Å²) in [5.41, 5.74) is 1.21. The van der Waals surface area contributed by atoms with Crippen LogP contribution in [-0.4, -0.2) is 41.2 Å². The van der Waals surface area contributed by atoms with Crippen LogP contribution in [0.2, 0.25) is 0 Å². The maximum Gasteiger partial charge on any atom is 0.226 e. The summed E-state index contributed by atoms with van der Waals surface area (Å²) in [5, 5.41) is 0. The highest BCUT2D eigenvalue weighted by molar-refractivity contribution is 9.10. The topological polar surface area (TPSA) is 40.6 Å². The van der Waals surface area contributed by atoms with Crippen molar-refractivity contribution in [2.75, 3.05) is 19.6 Å². The van der Waals surface area contributed by atoms with Gasteiger partial charge >= 0.3 is 0 Å². The van der Waals surface area contributed by atoms with Crippen molar-refractivity contribution >= 4 is 27.7 Å². The lowest BCUT2D eigenvalue weighted by Gasteiger charge is -2.34. The fourth-order valence-electron chi connectivity index (χ4n) is 3.77. The van der Waals surface area contributed by atoms with Gasteiger partial charge in [0.1, 0.15) is 0 Å². The number of rotatable bonds is 2. The summed E-state index contributed by atoms with van der Waals surface area (Å²) in [6.07, 6.45) is 3.68. The summed E-state index contributed by atoms with van der Waals surface area (Å²) >= 11 is 3.52. The van der Waals surface area contributed by atoms with Gasteiger partial charge < -0.3 is 9.80 Å². The van der Waals surface area contributed by atoms with Crippen molar-refractivity contribution in [2.24, 2.45) is 5.92 Å². The van der Waals surface area contributed by atoms with Gasteiger partial charge in [-0.15, -0.1) is 0 Å². The molecular formula is C18H23BrN2O2. The second-order valence-corrected chi connectivity index (χ2v) is 7.44. The third-order valence-electron chi connectivity index (χ3n) is 5.06. The van der Waals surface area contributed by atoms with Gasteiger partial charge in [0.05, 0.1) is 6.04 Å². The average Bonchev–Trinajstić information content (AvgIpc) is 3.04. The molecule has 2 amide bonds. The normalized spacial score (nSPS) is 22.4. The third-order valence-corrected chi connectivity index (χ3v) is 5.55. The highest BCUT2D eigenvalue weighted by Crippen LogP contribution is 2.35. The second-order valence-electron chi connectivity index (χ2n) is 6.53. The summed E-state index contributed by atoms with van der Waals surface area (Å²) < 4.78 is 1.06. The van der Waals surface area contributed by atoms with E-state index < -0.39 is 0 Å². The molecule has 0 spiro atoms. The van der Waals surface area contributed by atoms with Gasteiger partial charge in [-0.05, 0) is 43.4 Å². The van der Waals surface area contributed by atoms with Crippen LogP contribution in [-0.2, 0) is 9.59 Å². The van der Waals surface area contributed by atoms with Crippen LogP contribution in [0.25, 0.3) is 0 Å². The lowest BCUT2D eigenvalue weighted by Crippen LogP contribution is -2.43. The molecule has 2 aliphatic heterocycles. The molecule has 1 atom stereocenters. The quantitative estimate of drug-likeness (QED) is 0.791. The predicted octanol–water partition coefficient (Wildman–Crippen LogP) is 3.37. The standard InChI is InChI=1S/C18H23BrN2O2/c1-13(22)20-10-7-14(8-11-20)18(23)21-9-3-6-17(21)15-4-2-5-16(19)12-15/h2,4-5,12,14,17H,3,6-11H2,1H3/t17-/m0/s1. The fraction of sp³-hybridized carbons (Fsp3) is 0.556. The summed E-state index contributed by atoms with van der Waals surface area (Å²) in [5.74, 6) is 0.457. The summed E-state index contributed by atoms with van der Waals surface area (Å²) in [6, 6.07) is 8.48. The van der Waals surface area contributed by atoms with Crippen LogP contribution in [0.3, 0.4) is 0 Å². The molecule has 0 aromatic heterocycles. The van der Waals surface area contributed by atoms with E-state index in [1.165, 1.54) is 5.56 Å². The molecule has 2 aliphatic rings. The minimum Gasteiger partial charge on any atom is -0.343 e. The first-order chi connectivity index (χ1) is 11.1. The largest absolute Gasteiger partial charge is 0.343 e. The number of hydrogen-bond donors (Lipinski definition) is 0. The van der Waals surface area contributed by atoms with Crippen LogP contribution >= 0.6 is 15.9 Å². The van der Waals surface area contributed by atoms with Crippen molar-refractivity contribution in [3.63, 3.8) is 0 Å². The Bertz CT molecular complexity index is 596. The average molecular weight is 379 g/mol. The molecule has 1 aromatic carbocycles. The van der Waals surface area contributed by atoms with Crippen molar-refractivity contribution in [1.82, 2.24) is 9.80 Å². The Labute approximate surface area is 146 Å². The summed E-state index contributed by atoms with van der Waals surface area (Å²) in [6.45, 7) is 3.87. The molecule has 0 N–H and O–H groups in total. The van der Waals surface area contributed by atoms with Crippen molar-refractivity contribution in [3.05, 3.63) is 34.3 Å². The molecule has 3 rings (SSSR count). The van der Waals surface area contributed by atoms with E-state index in [0.717, 1.165) is 36.7 Å². The molecule has 1 aromatic rings. The molecule has 0 saturated carbocycles. The van der Waals surface area contributed by atoms with Crippen LogP contribution in [0.1, 0.15) is 44.2 Å². The molecule has 124 valence electrons. The van der Waals surface area contributed by atoms with E-state index in [9.17, 15) is 9.59 Å². The maximum atomic E-state index is 13.0. The molecule has 0 bridgehead atoms. The van der Waals surface area contributed by atoms with Crippen molar-refractivity contribution < 1.29 is 9.59 Å². The van der Waals surface area contributed by atoms with E-state index in [0.29, 0.717) is 13.1 Å². The predicted molar refractivity (Wildman–Crippen MR) is 92.8 cm³/mol. The molecule has 0 radical (unpaired) electrons. The Hall–Kier alpha value is -1.36. The van der Waals surface area contributed by atoms with Gasteiger partial charge in [-0.2, -0.15) is 0 Å². The first-order valence-electron chi connectivity index (χ1n) is 8.37. The molecule has 2 heterocycles. The number of carbonyl (C=O) groups excluding carboxylic acids is 2. The SMILES string of the molecule is CC(=O)N1CCC(C(=O)N2CCC[C@H]2c2cccc(Br)c2)CC1. The minimum absolute atomic E-state index is 0.0679. The number of amides is 2. The Morgan fingerprint density at radius 3 is 2.52 bits per heavy atom. The van der Waals surface area contributed by atoms with E-state index in [1.54, 1.807) is 6.92 Å². The number of carbonyl (C=O) groups is 2.